The lowest BCUT2D eigenvalue weighted by Gasteiger charge is -2.08. The van der Waals surface area contributed by atoms with Crippen LogP contribution in [0.15, 0.2) is 51.9 Å². The number of nitrogens with one attached hydrogen (secondary N) is 1. The number of pyridine rings is 1. The van der Waals surface area contributed by atoms with E-state index < -0.39 is 11.7 Å². The number of aromatic nitrogens is 3. The Labute approximate surface area is 142 Å². The number of amides is 1. The third-order valence-electron chi connectivity index (χ3n) is 3.61. The van der Waals surface area contributed by atoms with E-state index in [1.807, 2.05) is 13.0 Å². The fourth-order valence-corrected chi connectivity index (χ4v) is 2.30. The first kappa shape index (κ1) is 16.6. The molecular formula is C17H15FN4O3. The molecule has 3 aromatic rings. The molecule has 2 heterocycles. The van der Waals surface area contributed by atoms with Crippen LogP contribution >= 0.6 is 0 Å². The molecule has 0 spiro atoms. The molecule has 0 bridgehead atoms. The Hall–Kier alpha value is -3.29. The van der Waals surface area contributed by atoms with Crippen LogP contribution in [-0.2, 0) is 17.8 Å². The van der Waals surface area contributed by atoms with Gasteiger partial charge in [-0.1, -0.05) is 23.4 Å². The molecule has 128 valence electrons. The molecule has 0 unspecified atom stereocenters. The number of hydrogen-bond donors (Lipinski definition) is 1. The van der Waals surface area contributed by atoms with Gasteiger partial charge in [0, 0.05) is 12.6 Å². The Balaban J connectivity index is 1.75. The largest absolute Gasteiger partial charge is 0.442 e. The first-order valence-corrected chi connectivity index (χ1v) is 7.54. The molecule has 2 aromatic heterocycles. The van der Waals surface area contributed by atoms with Crippen LogP contribution in [0.25, 0.3) is 0 Å². The summed E-state index contributed by atoms with van der Waals surface area (Å²) < 4.78 is 18.8. The molecule has 0 saturated carbocycles. The van der Waals surface area contributed by atoms with Crippen molar-refractivity contribution in [2.24, 2.45) is 0 Å². The number of nitrogens with zero attached hydrogens (tertiary/aromatic N) is 3. The summed E-state index contributed by atoms with van der Waals surface area (Å²) in [5.41, 5.74) is 1.55. The van der Waals surface area contributed by atoms with E-state index in [9.17, 15) is 14.0 Å². The predicted octanol–water partition coefficient (Wildman–Crippen LogP) is 1.91. The summed E-state index contributed by atoms with van der Waals surface area (Å²) in [4.78, 5) is 28.1. The van der Waals surface area contributed by atoms with Crippen molar-refractivity contribution in [3.05, 3.63) is 75.9 Å². The van der Waals surface area contributed by atoms with Crippen LogP contribution in [0.2, 0.25) is 0 Å². The third-order valence-corrected chi connectivity index (χ3v) is 3.61. The molecule has 1 amide bonds. The average molecular weight is 342 g/mol. The molecule has 0 aliphatic rings. The summed E-state index contributed by atoms with van der Waals surface area (Å²) in [5.74, 6) is -0.801. The second-order valence-corrected chi connectivity index (χ2v) is 5.47. The Morgan fingerprint density at radius 2 is 2.04 bits per heavy atom. The lowest BCUT2D eigenvalue weighted by Crippen LogP contribution is -2.27. The molecular weight excluding hydrogens is 327 g/mol. The molecule has 0 aliphatic carbocycles. The van der Waals surface area contributed by atoms with Crippen LogP contribution in [0.3, 0.4) is 0 Å². The highest BCUT2D eigenvalue weighted by atomic mass is 19.1. The average Bonchev–Trinajstić information content (AvgIpc) is 2.92. The molecule has 0 fully saturated rings. The minimum atomic E-state index is -0.731. The van der Waals surface area contributed by atoms with Crippen molar-refractivity contribution < 1.29 is 13.7 Å². The number of carbonyl (C=O) groups is 1. The Bertz CT molecular complexity index is 947. The Kier molecular flexibility index (Phi) is 4.69. The monoisotopic (exact) mass is 342 g/mol. The molecule has 0 aliphatic heterocycles. The number of hydrogen-bond acceptors (Lipinski definition) is 5. The van der Waals surface area contributed by atoms with Gasteiger partial charge in [0.1, 0.15) is 18.2 Å². The second kappa shape index (κ2) is 7.08. The summed E-state index contributed by atoms with van der Waals surface area (Å²) in [6.45, 7) is 1.56. The first-order valence-electron chi connectivity index (χ1n) is 7.54. The van der Waals surface area contributed by atoms with Gasteiger partial charge in [0.15, 0.2) is 5.82 Å². The van der Waals surface area contributed by atoms with E-state index in [4.69, 9.17) is 0 Å². The van der Waals surface area contributed by atoms with E-state index in [0.29, 0.717) is 5.82 Å². The zero-order valence-corrected chi connectivity index (χ0v) is 13.4. The Morgan fingerprint density at radius 1 is 1.28 bits per heavy atom. The molecule has 0 radical (unpaired) electrons. The van der Waals surface area contributed by atoms with Gasteiger partial charge in [-0.15, -0.1) is 0 Å². The summed E-state index contributed by atoms with van der Waals surface area (Å²) >= 11 is 0. The molecule has 7 nitrogen and oxygen atoms in total. The van der Waals surface area contributed by atoms with Crippen LogP contribution in [0.5, 0.6) is 0 Å². The molecule has 25 heavy (non-hydrogen) atoms. The van der Waals surface area contributed by atoms with Crippen molar-refractivity contribution in [2.45, 2.75) is 19.9 Å². The van der Waals surface area contributed by atoms with Crippen LogP contribution in [-0.4, -0.2) is 20.6 Å². The number of anilines is 1. The number of carbonyl (C=O) groups excluding carboxylic acids is 1. The van der Waals surface area contributed by atoms with E-state index in [0.717, 1.165) is 15.7 Å². The van der Waals surface area contributed by atoms with E-state index in [2.05, 4.69) is 20.0 Å². The van der Waals surface area contributed by atoms with E-state index in [-0.39, 0.29) is 24.6 Å². The highest BCUT2D eigenvalue weighted by Crippen LogP contribution is 2.10. The smallest absolute Gasteiger partial charge is 0.309 e. The lowest BCUT2D eigenvalue weighted by molar-refractivity contribution is -0.116. The number of halogens is 1. The van der Waals surface area contributed by atoms with Crippen molar-refractivity contribution in [3.63, 3.8) is 0 Å². The first-order chi connectivity index (χ1) is 12.0. The van der Waals surface area contributed by atoms with E-state index in [1.165, 1.54) is 12.1 Å². The van der Waals surface area contributed by atoms with Gasteiger partial charge in [-0.05, 0) is 36.2 Å². The fourth-order valence-electron chi connectivity index (χ4n) is 2.30. The highest BCUT2D eigenvalue weighted by molar-refractivity contribution is 5.90. The highest BCUT2D eigenvalue weighted by Gasteiger charge is 2.15. The van der Waals surface area contributed by atoms with Crippen molar-refractivity contribution >= 4 is 11.7 Å². The van der Waals surface area contributed by atoms with Crippen molar-refractivity contribution in [2.75, 3.05) is 5.32 Å². The summed E-state index contributed by atoms with van der Waals surface area (Å²) in [6, 6.07) is 9.36. The maximum atomic E-state index is 13.0. The predicted molar refractivity (Wildman–Crippen MR) is 87.6 cm³/mol. The standard InChI is InChI=1S/C17H15FN4O3/c1-11-3-2-8-19-16(11)20-15(23)10-22-14(21-25-17(22)24)9-12-4-6-13(18)7-5-12/h2-8H,9-10H2,1H3,(H,19,20,23). The van der Waals surface area contributed by atoms with E-state index >= 15 is 0 Å². The lowest BCUT2D eigenvalue weighted by atomic mass is 10.1. The zero-order chi connectivity index (χ0) is 17.8. The number of rotatable bonds is 5. The van der Waals surface area contributed by atoms with Gasteiger partial charge < -0.3 is 5.32 Å². The minimum absolute atomic E-state index is 0.238. The summed E-state index contributed by atoms with van der Waals surface area (Å²) in [7, 11) is 0. The normalized spacial score (nSPS) is 10.6. The van der Waals surface area contributed by atoms with Crippen molar-refractivity contribution in [1.29, 1.82) is 0 Å². The van der Waals surface area contributed by atoms with Gasteiger partial charge in [-0.2, -0.15) is 0 Å². The van der Waals surface area contributed by atoms with Gasteiger partial charge in [0.25, 0.3) is 0 Å². The molecule has 0 saturated heterocycles. The van der Waals surface area contributed by atoms with Crippen LogP contribution in [0.1, 0.15) is 17.0 Å². The van der Waals surface area contributed by atoms with Gasteiger partial charge in [0.05, 0.1) is 0 Å². The van der Waals surface area contributed by atoms with Crippen LogP contribution in [0, 0.1) is 12.7 Å². The van der Waals surface area contributed by atoms with Gasteiger partial charge in [-0.3, -0.25) is 13.9 Å². The van der Waals surface area contributed by atoms with Gasteiger partial charge in [0.2, 0.25) is 5.91 Å². The number of benzene rings is 1. The summed E-state index contributed by atoms with van der Waals surface area (Å²) in [6.07, 6.45) is 1.80. The maximum absolute atomic E-state index is 13.0. The van der Waals surface area contributed by atoms with Crippen LogP contribution in [0.4, 0.5) is 10.2 Å². The van der Waals surface area contributed by atoms with Crippen LogP contribution < -0.4 is 11.1 Å². The molecule has 8 heteroatoms. The molecule has 0 atom stereocenters. The minimum Gasteiger partial charge on any atom is -0.309 e. The molecule has 1 aromatic carbocycles. The zero-order valence-electron chi connectivity index (χ0n) is 13.4. The molecule has 1 N–H and O–H groups in total. The quantitative estimate of drug-likeness (QED) is 0.765. The Morgan fingerprint density at radius 3 is 2.76 bits per heavy atom. The maximum Gasteiger partial charge on any atom is 0.442 e. The third kappa shape index (κ3) is 3.97. The van der Waals surface area contributed by atoms with Crippen molar-refractivity contribution in [3.8, 4) is 0 Å². The topological polar surface area (TPSA) is 90.0 Å². The van der Waals surface area contributed by atoms with E-state index in [1.54, 1.807) is 24.4 Å². The number of aryl methyl sites for hydroxylation is 1. The SMILES string of the molecule is Cc1cccnc1NC(=O)Cn1c(Cc2ccc(F)cc2)noc1=O. The fraction of sp³-hybridized carbons (Fsp3) is 0.176. The second-order valence-electron chi connectivity index (χ2n) is 5.47. The van der Waals surface area contributed by atoms with Gasteiger partial charge >= 0.3 is 5.76 Å². The van der Waals surface area contributed by atoms with Gasteiger partial charge in [-0.25, -0.2) is 14.2 Å². The van der Waals surface area contributed by atoms with Crippen molar-refractivity contribution in [1.82, 2.24) is 14.7 Å². The summed E-state index contributed by atoms with van der Waals surface area (Å²) in [5, 5.41) is 6.34. The molecule has 3 rings (SSSR count).